The Kier molecular flexibility index (Phi) is 3.08. The normalized spacial score (nSPS) is 10.2. The lowest BCUT2D eigenvalue weighted by Crippen LogP contribution is -1.81. The fourth-order valence-electron chi connectivity index (χ4n) is 1.03. The summed E-state index contributed by atoms with van der Waals surface area (Å²) in [5.41, 5.74) is 0.553. The summed E-state index contributed by atoms with van der Waals surface area (Å²) in [6.45, 7) is 0. The molecule has 0 fully saturated rings. The van der Waals surface area contributed by atoms with Gasteiger partial charge in [-0.05, 0) is 23.9 Å². The number of hydrogen-bond donors (Lipinski definition) is 0. The number of carbonyl (C=O) groups excluding carboxylic acids is 1. The Bertz CT molecular complexity index is 470. The molecule has 2 aromatic rings. The highest BCUT2D eigenvalue weighted by Crippen LogP contribution is 2.32. The van der Waals surface area contributed by atoms with Gasteiger partial charge in [0.2, 0.25) is 0 Å². The molecule has 0 N–H and O–H groups in total. The molecule has 0 aliphatic carbocycles. The molecule has 0 amide bonds. The molecule has 0 unspecified atom stereocenters. The number of halogens is 1. The van der Waals surface area contributed by atoms with Gasteiger partial charge in [-0.2, -0.15) is 0 Å². The van der Waals surface area contributed by atoms with Crippen LogP contribution in [0.25, 0.3) is 0 Å². The highest BCUT2D eigenvalue weighted by atomic mass is 35.5. The van der Waals surface area contributed by atoms with Crippen LogP contribution in [-0.4, -0.2) is 11.3 Å². The monoisotopic (exact) mass is 239 g/mol. The van der Waals surface area contributed by atoms with E-state index in [-0.39, 0.29) is 0 Å². The zero-order chi connectivity index (χ0) is 10.7. The third kappa shape index (κ3) is 2.40. The molecule has 5 heteroatoms. The van der Waals surface area contributed by atoms with Crippen LogP contribution in [0.4, 0.5) is 0 Å². The zero-order valence-electron chi connectivity index (χ0n) is 7.51. The molecule has 0 radical (unpaired) electrons. The Morgan fingerprint density at radius 1 is 1.47 bits per heavy atom. The van der Waals surface area contributed by atoms with Crippen molar-refractivity contribution in [2.75, 3.05) is 0 Å². The molecular weight excluding hydrogens is 234 g/mol. The van der Waals surface area contributed by atoms with Crippen molar-refractivity contribution >= 4 is 29.6 Å². The van der Waals surface area contributed by atoms with Gasteiger partial charge in [0.05, 0.1) is 11.2 Å². The summed E-state index contributed by atoms with van der Waals surface area (Å²) in [7, 11) is 0. The first kappa shape index (κ1) is 10.3. The quantitative estimate of drug-likeness (QED) is 0.771. The highest BCUT2D eigenvalue weighted by molar-refractivity contribution is 7.99. The molecule has 0 saturated heterocycles. The van der Waals surface area contributed by atoms with Gasteiger partial charge in [0, 0.05) is 10.5 Å². The molecule has 0 aliphatic rings. The molecule has 1 heterocycles. The average Bonchev–Trinajstić information content (AvgIpc) is 2.74. The topological polar surface area (TPSA) is 43.1 Å². The van der Waals surface area contributed by atoms with E-state index in [0.717, 1.165) is 11.2 Å². The van der Waals surface area contributed by atoms with Crippen LogP contribution in [0.15, 0.2) is 45.2 Å². The van der Waals surface area contributed by atoms with Crippen LogP contribution < -0.4 is 0 Å². The Labute approximate surface area is 95.5 Å². The first-order valence-electron chi connectivity index (χ1n) is 4.11. The maximum Gasteiger partial charge on any atom is 0.260 e. The standard InChI is InChI=1S/C10H6ClNO2S/c11-8-5-7(6-13)1-2-9(8)15-10-12-3-4-14-10/h1-6H. The SMILES string of the molecule is O=Cc1ccc(Sc2ncco2)c(Cl)c1. The fourth-order valence-corrected chi connectivity index (χ4v) is 2.03. The van der Waals surface area contributed by atoms with E-state index in [2.05, 4.69) is 4.98 Å². The smallest absolute Gasteiger partial charge is 0.260 e. The summed E-state index contributed by atoms with van der Waals surface area (Å²) < 4.78 is 5.07. The van der Waals surface area contributed by atoms with Gasteiger partial charge in [-0.3, -0.25) is 4.79 Å². The van der Waals surface area contributed by atoms with E-state index in [1.54, 1.807) is 24.4 Å². The summed E-state index contributed by atoms with van der Waals surface area (Å²) in [4.78, 5) is 15.3. The summed E-state index contributed by atoms with van der Waals surface area (Å²) in [5.74, 6) is 0. The number of benzene rings is 1. The minimum atomic E-state index is 0.516. The van der Waals surface area contributed by atoms with Crippen molar-refractivity contribution in [3.8, 4) is 0 Å². The Hall–Kier alpha value is -1.26. The van der Waals surface area contributed by atoms with Crippen molar-refractivity contribution < 1.29 is 9.21 Å². The molecule has 0 bridgehead atoms. The molecule has 76 valence electrons. The Morgan fingerprint density at radius 2 is 2.33 bits per heavy atom. The van der Waals surface area contributed by atoms with Gasteiger partial charge in [0.1, 0.15) is 12.5 Å². The van der Waals surface area contributed by atoms with Crippen LogP contribution in [0.3, 0.4) is 0 Å². The van der Waals surface area contributed by atoms with Gasteiger partial charge in [-0.25, -0.2) is 4.98 Å². The lowest BCUT2D eigenvalue weighted by Gasteiger charge is -2.00. The molecule has 1 aromatic heterocycles. The molecule has 3 nitrogen and oxygen atoms in total. The molecule has 2 rings (SSSR count). The summed E-state index contributed by atoms with van der Waals surface area (Å²) in [5, 5.41) is 1.04. The van der Waals surface area contributed by atoms with Gasteiger partial charge in [0.25, 0.3) is 5.22 Å². The third-order valence-corrected chi connectivity index (χ3v) is 3.08. The second kappa shape index (κ2) is 4.51. The minimum absolute atomic E-state index is 0.516. The second-order valence-electron chi connectivity index (χ2n) is 2.71. The van der Waals surface area contributed by atoms with Crippen LogP contribution in [0.2, 0.25) is 5.02 Å². The number of hydrogen-bond acceptors (Lipinski definition) is 4. The number of aromatic nitrogens is 1. The molecule has 1 aromatic carbocycles. The number of carbonyl (C=O) groups is 1. The Morgan fingerprint density at radius 3 is 2.93 bits per heavy atom. The van der Waals surface area contributed by atoms with Gasteiger partial charge < -0.3 is 4.42 Å². The van der Waals surface area contributed by atoms with Crippen molar-refractivity contribution in [1.29, 1.82) is 0 Å². The van der Waals surface area contributed by atoms with Crippen LogP contribution in [0.1, 0.15) is 10.4 Å². The summed E-state index contributed by atoms with van der Waals surface area (Å²) >= 11 is 7.29. The molecule has 15 heavy (non-hydrogen) atoms. The van der Waals surface area contributed by atoms with E-state index < -0.39 is 0 Å². The van der Waals surface area contributed by atoms with Crippen molar-refractivity contribution in [2.45, 2.75) is 10.1 Å². The molecule has 0 saturated carbocycles. The first-order valence-corrected chi connectivity index (χ1v) is 5.31. The van der Waals surface area contributed by atoms with Crippen LogP contribution >= 0.6 is 23.4 Å². The van der Waals surface area contributed by atoms with Crippen LogP contribution in [-0.2, 0) is 0 Å². The number of rotatable bonds is 3. The van der Waals surface area contributed by atoms with Gasteiger partial charge in [-0.1, -0.05) is 17.7 Å². The van der Waals surface area contributed by atoms with Crippen molar-refractivity contribution in [2.24, 2.45) is 0 Å². The zero-order valence-corrected chi connectivity index (χ0v) is 9.09. The van der Waals surface area contributed by atoms with E-state index in [0.29, 0.717) is 15.8 Å². The van der Waals surface area contributed by atoms with Gasteiger partial charge in [0.15, 0.2) is 0 Å². The molecule has 0 spiro atoms. The predicted molar refractivity (Wildman–Crippen MR) is 57.5 cm³/mol. The fraction of sp³-hybridized carbons (Fsp3) is 0. The largest absolute Gasteiger partial charge is 0.440 e. The first-order chi connectivity index (χ1) is 7.29. The molecular formula is C10H6ClNO2S. The van der Waals surface area contributed by atoms with E-state index >= 15 is 0 Å². The lowest BCUT2D eigenvalue weighted by atomic mass is 10.2. The van der Waals surface area contributed by atoms with Crippen molar-refractivity contribution in [3.05, 3.63) is 41.2 Å². The lowest BCUT2D eigenvalue weighted by molar-refractivity contribution is 0.112. The van der Waals surface area contributed by atoms with E-state index in [4.69, 9.17) is 16.0 Å². The van der Waals surface area contributed by atoms with E-state index in [1.165, 1.54) is 18.0 Å². The predicted octanol–water partition coefficient (Wildman–Crippen LogP) is 3.29. The average molecular weight is 240 g/mol. The van der Waals surface area contributed by atoms with Crippen LogP contribution in [0.5, 0.6) is 0 Å². The number of nitrogens with zero attached hydrogens (tertiary/aromatic N) is 1. The minimum Gasteiger partial charge on any atom is -0.440 e. The van der Waals surface area contributed by atoms with E-state index in [1.807, 2.05) is 0 Å². The number of oxazole rings is 1. The number of aldehydes is 1. The molecule has 0 aliphatic heterocycles. The van der Waals surface area contributed by atoms with Gasteiger partial charge in [-0.15, -0.1) is 0 Å². The molecule has 0 atom stereocenters. The maximum atomic E-state index is 10.5. The third-order valence-electron chi connectivity index (χ3n) is 1.70. The second-order valence-corrected chi connectivity index (χ2v) is 4.11. The van der Waals surface area contributed by atoms with Crippen molar-refractivity contribution in [1.82, 2.24) is 4.98 Å². The highest BCUT2D eigenvalue weighted by Gasteiger charge is 2.06. The van der Waals surface area contributed by atoms with Crippen LogP contribution in [0, 0.1) is 0 Å². The summed E-state index contributed by atoms with van der Waals surface area (Å²) in [6, 6.07) is 5.07. The van der Waals surface area contributed by atoms with Crippen molar-refractivity contribution in [3.63, 3.8) is 0 Å². The van der Waals surface area contributed by atoms with E-state index in [9.17, 15) is 4.79 Å². The summed E-state index contributed by atoms with van der Waals surface area (Å²) in [6.07, 6.45) is 3.82. The van der Waals surface area contributed by atoms with Gasteiger partial charge >= 0.3 is 0 Å². The Balaban J connectivity index is 2.26. The maximum absolute atomic E-state index is 10.5.